The van der Waals surface area contributed by atoms with Crippen LogP contribution in [0.4, 0.5) is 0 Å². The zero-order valence-electron chi connectivity index (χ0n) is 12.4. The first kappa shape index (κ1) is 17.5. The van der Waals surface area contributed by atoms with E-state index in [1.165, 1.54) is 0 Å². The summed E-state index contributed by atoms with van der Waals surface area (Å²) in [5, 5.41) is 12.8. The van der Waals surface area contributed by atoms with Gasteiger partial charge in [-0.25, -0.2) is 4.68 Å². The summed E-state index contributed by atoms with van der Waals surface area (Å²) in [4.78, 5) is 0. The average Bonchev–Trinajstić information content (AvgIpc) is 2.81. The molecule has 0 fully saturated rings. The van der Waals surface area contributed by atoms with Gasteiger partial charge in [0.15, 0.2) is 5.11 Å². The number of aromatic nitrogens is 2. The number of hydrazone groups is 1. The van der Waals surface area contributed by atoms with Crippen LogP contribution in [0.2, 0.25) is 10.2 Å². The Morgan fingerprint density at radius 1 is 1.43 bits per heavy atom. The third-order valence-electron chi connectivity index (χ3n) is 2.90. The molecule has 0 radical (unpaired) electrons. The molecule has 23 heavy (non-hydrogen) atoms. The van der Waals surface area contributed by atoms with Gasteiger partial charge in [-0.05, 0) is 31.3 Å². The Kier molecular flexibility index (Phi) is 6.15. The molecule has 0 amide bonds. The van der Waals surface area contributed by atoms with Crippen molar-refractivity contribution in [1.29, 1.82) is 0 Å². The Bertz CT molecular complexity index is 754. The van der Waals surface area contributed by atoms with E-state index in [4.69, 9.17) is 35.4 Å². The standard InChI is InChI=1S/C15H15Cl2N5S/c1-3-8-18-15(23)20-19-9-11-10(2)21-22(14(11)17)13-7-5-4-6-12(13)16/h3-7,9H,1,8H2,2H3,(H2,18,20,23)/b19-9-. The zero-order valence-corrected chi connectivity index (χ0v) is 14.7. The molecule has 0 atom stereocenters. The lowest BCUT2D eigenvalue weighted by atomic mass is 10.3. The first-order valence-electron chi connectivity index (χ1n) is 6.72. The number of hydrogen-bond donors (Lipinski definition) is 2. The first-order valence-corrected chi connectivity index (χ1v) is 7.88. The van der Waals surface area contributed by atoms with Gasteiger partial charge in [0.25, 0.3) is 0 Å². The number of thiocarbonyl (C=S) groups is 1. The number of benzene rings is 1. The molecule has 1 aromatic carbocycles. The largest absolute Gasteiger partial charge is 0.358 e. The summed E-state index contributed by atoms with van der Waals surface area (Å²) in [5.74, 6) is 0. The van der Waals surface area contributed by atoms with Crippen molar-refractivity contribution in [1.82, 2.24) is 20.5 Å². The van der Waals surface area contributed by atoms with Crippen LogP contribution in [0.3, 0.4) is 0 Å². The highest BCUT2D eigenvalue weighted by Crippen LogP contribution is 2.26. The van der Waals surface area contributed by atoms with Crippen LogP contribution < -0.4 is 10.7 Å². The molecule has 0 saturated heterocycles. The highest BCUT2D eigenvalue weighted by Gasteiger charge is 2.14. The van der Waals surface area contributed by atoms with E-state index in [0.29, 0.717) is 33.1 Å². The SMILES string of the molecule is C=CCNC(=S)N/N=C\c1c(C)nn(-c2ccccc2Cl)c1Cl. The van der Waals surface area contributed by atoms with E-state index in [1.807, 2.05) is 25.1 Å². The third-order valence-corrected chi connectivity index (χ3v) is 3.81. The van der Waals surface area contributed by atoms with Crippen molar-refractivity contribution in [3.05, 3.63) is 58.4 Å². The van der Waals surface area contributed by atoms with Crippen LogP contribution in [0.1, 0.15) is 11.3 Å². The van der Waals surface area contributed by atoms with Crippen molar-refractivity contribution in [3.63, 3.8) is 0 Å². The van der Waals surface area contributed by atoms with E-state index >= 15 is 0 Å². The molecular weight excluding hydrogens is 353 g/mol. The van der Waals surface area contributed by atoms with Gasteiger partial charge in [0.1, 0.15) is 5.15 Å². The molecule has 0 unspecified atom stereocenters. The van der Waals surface area contributed by atoms with Gasteiger partial charge in [-0.3, -0.25) is 5.43 Å². The normalized spacial score (nSPS) is 10.7. The van der Waals surface area contributed by atoms with E-state index in [9.17, 15) is 0 Å². The minimum Gasteiger partial charge on any atom is -0.358 e. The van der Waals surface area contributed by atoms with Gasteiger partial charge in [-0.15, -0.1) is 6.58 Å². The molecular formula is C15H15Cl2N5S. The number of aryl methyl sites for hydroxylation is 1. The molecule has 1 heterocycles. The minimum absolute atomic E-state index is 0.397. The van der Waals surface area contributed by atoms with Crippen LogP contribution in [-0.4, -0.2) is 27.7 Å². The van der Waals surface area contributed by atoms with Gasteiger partial charge in [-0.1, -0.05) is 41.4 Å². The molecule has 0 saturated carbocycles. The fourth-order valence-electron chi connectivity index (χ4n) is 1.80. The maximum absolute atomic E-state index is 6.40. The summed E-state index contributed by atoms with van der Waals surface area (Å²) in [6, 6.07) is 7.34. The summed E-state index contributed by atoms with van der Waals surface area (Å²) in [5.41, 5.74) is 4.82. The maximum Gasteiger partial charge on any atom is 0.187 e. The van der Waals surface area contributed by atoms with Gasteiger partial charge >= 0.3 is 0 Å². The number of nitrogens with one attached hydrogen (secondary N) is 2. The van der Waals surface area contributed by atoms with Gasteiger partial charge in [-0.2, -0.15) is 10.2 Å². The van der Waals surface area contributed by atoms with Crippen molar-refractivity contribution in [3.8, 4) is 5.69 Å². The van der Waals surface area contributed by atoms with Crippen LogP contribution >= 0.6 is 35.4 Å². The van der Waals surface area contributed by atoms with Crippen molar-refractivity contribution >= 4 is 46.7 Å². The van der Waals surface area contributed by atoms with Gasteiger partial charge in [0, 0.05) is 6.54 Å². The zero-order chi connectivity index (χ0) is 16.8. The molecule has 2 rings (SSSR count). The number of rotatable bonds is 5. The van der Waals surface area contributed by atoms with E-state index < -0.39 is 0 Å². The number of hydrogen-bond acceptors (Lipinski definition) is 3. The number of halogens is 2. The molecule has 1 aromatic heterocycles. The number of nitrogens with zero attached hydrogens (tertiary/aromatic N) is 3. The monoisotopic (exact) mass is 367 g/mol. The van der Waals surface area contributed by atoms with E-state index in [-0.39, 0.29) is 0 Å². The lowest BCUT2D eigenvalue weighted by molar-refractivity contribution is 0.863. The lowest BCUT2D eigenvalue weighted by Crippen LogP contribution is -2.31. The van der Waals surface area contributed by atoms with Gasteiger partial charge < -0.3 is 5.32 Å². The average molecular weight is 368 g/mol. The quantitative estimate of drug-likeness (QED) is 0.367. The van der Waals surface area contributed by atoms with Crippen LogP contribution in [0.15, 0.2) is 42.0 Å². The van der Waals surface area contributed by atoms with Crippen molar-refractivity contribution in [2.75, 3.05) is 6.54 Å². The van der Waals surface area contributed by atoms with E-state index in [2.05, 4.69) is 27.5 Å². The predicted molar refractivity (Wildman–Crippen MR) is 99.8 cm³/mol. The summed E-state index contributed by atoms with van der Waals surface area (Å²) in [7, 11) is 0. The molecule has 8 heteroatoms. The second-order valence-corrected chi connectivity index (χ2v) is 5.70. The molecule has 0 aliphatic carbocycles. The van der Waals surface area contributed by atoms with Crippen LogP contribution in [0, 0.1) is 6.92 Å². The number of para-hydroxylation sites is 1. The summed E-state index contributed by atoms with van der Waals surface area (Å²) >= 11 is 17.6. The Balaban J connectivity index is 2.20. The Morgan fingerprint density at radius 2 is 2.17 bits per heavy atom. The molecule has 5 nitrogen and oxygen atoms in total. The smallest absolute Gasteiger partial charge is 0.187 e. The maximum atomic E-state index is 6.40. The van der Waals surface area contributed by atoms with Gasteiger partial charge in [0.05, 0.1) is 28.2 Å². The van der Waals surface area contributed by atoms with Crippen LogP contribution in [0.25, 0.3) is 5.69 Å². The Labute approximate surface area is 150 Å². The lowest BCUT2D eigenvalue weighted by Gasteiger charge is -2.05. The Morgan fingerprint density at radius 3 is 2.87 bits per heavy atom. The van der Waals surface area contributed by atoms with Crippen LogP contribution in [-0.2, 0) is 0 Å². The second-order valence-electron chi connectivity index (χ2n) is 4.52. The first-order chi connectivity index (χ1) is 11.0. The second kappa shape index (κ2) is 8.10. The van der Waals surface area contributed by atoms with Crippen molar-refractivity contribution in [2.45, 2.75) is 6.92 Å². The fourth-order valence-corrected chi connectivity index (χ4v) is 2.47. The molecule has 0 aliphatic heterocycles. The molecule has 120 valence electrons. The minimum atomic E-state index is 0.397. The topological polar surface area (TPSA) is 54.2 Å². The predicted octanol–water partition coefficient (Wildman–Crippen LogP) is 3.47. The summed E-state index contributed by atoms with van der Waals surface area (Å²) in [6.07, 6.45) is 3.27. The molecule has 0 aliphatic rings. The van der Waals surface area contributed by atoms with Crippen molar-refractivity contribution < 1.29 is 0 Å². The molecule has 0 bridgehead atoms. The Hall–Kier alpha value is -1.89. The molecule has 2 aromatic rings. The third kappa shape index (κ3) is 4.31. The molecule has 0 spiro atoms. The van der Waals surface area contributed by atoms with Gasteiger partial charge in [0.2, 0.25) is 0 Å². The molecule has 2 N–H and O–H groups in total. The highest BCUT2D eigenvalue weighted by atomic mass is 35.5. The van der Waals surface area contributed by atoms with Crippen molar-refractivity contribution in [2.24, 2.45) is 5.10 Å². The van der Waals surface area contributed by atoms with Crippen LogP contribution in [0.5, 0.6) is 0 Å². The van der Waals surface area contributed by atoms with E-state index in [0.717, 1.165) is 5.69 Å². The van der Waals surface area contributed by atoms with E-state index in [1.54, 1.807) is 23.0 Å². The highest BCUT2D eigenvalue weighted by molar-refractivity contribution is 7.80. The fraction of sp³-hybridized carbons (Fsp3) is 0.133. The summed E-state index contributed by atoms with van der Waals surface area (Å²) < 4.78 is 1.58. The summed E-state index contributed by atoms with van der Waals surface area (Å²) in [6.45, 7) is 6.00.